The highest BCUT2D eigenvalue weighted by atomic mass is 15.0. The quantitative estimate of drug-likeness (QED) is 0.670. The van der Waals surface area contributed by atoms with Crippen molar-refractivity contribution in [3.05, 3.63) is 42.5 Å². The highest BCUT2D eigenvalue weighted by Crippen LogP contribution is 2.08. The molecule has 0 aliphatic carbocycles. The summed E-state index contributed by atoms with van der Waals surface area (Å²) in [6.07, 6.45) is 5.39. The van der Waals surface area contributed by atoms with Gasteiger partial charge in [0.05, 0.1) is 12.2 Å². The van der Waals surface area contributed by atoms with Crippen LogP contribution in [0.2, 0.25) is 0 Å². The van der Waals surface area contributed by atoms with Gasteiger partial charge in [0, 0.05) is 18.5 Å². The van der Waals surface area contributed by atoms with Gasteiger partial charge in [-0.2, -0.15) is 0 Å². The fraction of sp³-hybridized carbons (Fsp3) is 0.364. The van der Waals surface area contributed by atoms with Crippen LogP contribution < -0.4 is 5.32 Å². The van der Waals surface area contributed by atoms with Crippen LogP contribution >= 0.6 is 0 Å². The van der Waals surface area contributed by atoms with E-state index in [1.165, 1.54) is 0 Å². The van der Waals surface area contributed by atoms with E-state index >= 15 is 0 Å². The summed E-state index contributed by atoms with van der Waals surface area (Å²) < 4.78 is 0. The van der Waals surface area contributed by atoms with E-state index in [0.29, 0.717) is 0 Å². The average Bonchev–Trinajstić information content (AvgIpc) is 2.50. The third kappa shape index (κ3) is 2.57. The highest BCUT2D eigenvalue weighted by molar-refractivity contribution is 5.19. The second-order valence-electron chi connectivity index (χ2n) is 3.12. The van der Waals surface area contributed by atoms with Crippen molar-refractivity contribution in [1.82, 2.24) is 15.3 Å². The predicted molar refractivity (Wildman–Crippen MR) is 59.2 cm³/mol. The van der Waals surface area contributed by atoms with Crippen LogP contribution in [-0.2, 0) is 19.4 Å². The Morgan fingerprint density at radius 3 is 2.64 bits per heavy atom. The van der Waals surface area contributed by atoms with Crippen LogP contribution in [0.1, 0.15) is 17.2 Å². The van der Waals surface area contributed by atoms with E-state index in [-0.39, 0.29) is 0 Å². The van der Waals surface area contributed by atoms with Gasteiger partial charge in [0.1, 0.15) is 5.82 Å². The van der Waals surface area contributed by atoms with Crippen LogP contribution in [0.4, 0.5) is 0 Å². The molecule has 0 unspecified atom stereocenters. The summed E-state index contributed by atoms with van der Waals surface area (Å²) in [5.74, 6) is 0.973. The van der Waals surface area contributed by atoms with E-state index in [1.807, 2.05) is 19.2 Å². The minimum absolute atomic E-state index is 0.765. The van der Waals surface area contributed by atoms with Crippen LogP contribution in [-0.4, -0.2) is 17.0 Å². The van der Waals surface area contributed by atoms with Crippen LogP contribution in [0, 0.1) is 0 Å². The van der Waals surface area contributed by atoms with E-state index < -0.39 is 0 Å². The monoisotopic (exact) mass is 191 g/mol. The number of H-pyrrole nitrogens is 1. The van der Waals surface area contributed by atoms with Gasteiger partial charge >= 0.3 is 0 Å². The standard InChI is InChI=1S/C11H17N3/c1-4-6-9-10(7-5-2)14-11(13-9)8-12-3/h4-5,12H,1-2,6-8H2,3H3,(H,13,14). The van der Waals surface area contributed by atoms with Crippen molar-refractivity contribution in [2.45, 2.75) is 19.4 Å². The van der Waals surface area contributed by atoms with E-state index in [2.05, 4.69) is 28.4 Å². The second kappa shape index (κ2) is 5.40. The van der Waals surface area contributed by atoms with Crippen LogP contribution in [0.5, 0.6) is 0 Å². The van der Waals surface area contributed by atoms with Crippen molar-refractivity contribution in [3.8, 4) is 0 Å². The lowest BCUT2D eigenvalue weighted by Crippen LogP contribution is -2.06. The Labute approximate surface area is 85.0 Å². The first-order chi connectivity index (χ1) is 6.81. The number of aromatic nitrogens is 2. The Hall–Kier alpha value is -1.35. The summed E-state index contributed by atoms with van der Waals surface area (Å²) in [6.45, 7) is 8.21. The van der Waals surface area contributed by atoms with Crippen LogP contribution in [0.15, 0.2) is 25.3 Å². The molecule has 1 rings (SSSR count). The number of aromatic amines is 1. The number of nitrogens with zero attached hydrogens (tertiary/aromatic N) is 1. The zero-order valence-corrected chi connectivity index (χ0v) is 8.64. The molecule has 76 valence electrons. The van der Waals surface area contributed by atoms with Crippen molar-refractivity contribution in [1.29, 1.82) is 0 Å². The molecule has 0 bridgehead atoms. The number of imidazole rings is 1. The Morgan fingerprint density at radius 1 is 1.36 bits per heavy atom. The van der Waals surface area contributed by atoms with Crippen molar-refractivity contribution < 1.29 is 0 Å². The van der Waals surface area contributed by atoms with Gasteiger partial charge in [-0.05, 0) is 7.05 Å². The van der Waals surface area contributed by atoms with Gasteiger partial charge in [-0.3, -0.25) is 0 Å². The predicted octanol–water partition coefficient (Wildman–Crippen LogP) is 1.59. The maximum absolute atomic E-state index is 4.47. The molecule has 2 N–H and O–H groups in total. The van der Waals surface area contributed by atoms with Gasteiger partial charge in [-0.1, -0.05) is 12.2 Å². The Balaban J connectivity index is 2.86. The van der Waals surface area contributed by atoms with Gasteiger partial charge < -0.3 is 10.3 Å². The van der Waals surface area contributed by atoms with Gasteiger partial charge in [0.2, 0.25) is 0 Å². The third-order valence-corrected chi connectivity index (χ3v) is 1.94. The summed E-state index contributed by atoms with van der Waals surface area (Å²) in [7, 11) is 1.91. The fourth-order valence-electron chi connectivity index (χ4n) is 1.37. The molecule has 0 aromatic carbocycles. The lowest BCUT2D eigenvalue weighted by molar-refractivity contribution is 0.768. The summed E-state index contributed by atoms with van der Waals surface area (Å²) in [6, 6.07) is 0. The largest absolute Gasteiger partial charge is 0.344 e. The van der Waals surface area contributed by atoms with E-state index in [0.717, 1.165) is 36.6 Å². The van der Waals surface area contributed by atoms with E-state index in [4.69, 9.17) is 0 Å². The second-order valence-corrected chi connectivity index (χ2v) is 3.12. The summed E-state index contributed by atoms with van der Waals surface area (Å²) in [5.41, 5.74) is 2.22. The zero-order valence-electron chi connectivity index (χ0n) is 8.64. The number of nitrogens with one attached hydrogen (secondary N) is 2. The molecular weight excluding hydrogens is 174 g/mol. The van der Waals surface area contributed by atoms with Gasteiger partial charge in [-0.15, -0.1) is 13.2 Å². The minimum atomic E-state index is 0.765. The zero-order chi connectivity index (χ0) is 10.4. The summed E-state index contributed by atoms with van der Waals surface area (Å²) in [5, 5.41) is 3.06. The SMILES string of the molecule is C=CCc1nc(CNC)[nH]c1CC=C. The summed E-state index contributed by atoms with van der Waals surface area (Å²) in [4.78, 5) is 7.75. The molecule has 0 spiro atoms. The number of hydrogen-bond donors (Lipinski definition) is 2. The highest BCUT2D eigenvalue weighted by Gasteiger charge is 2.06. The first kappa shape index (κ1) is 10.7. The third-order valence-electron chi connectivity index (χ3n) is 1.94. The lowest BCUT2D eigenvalue weighted by Gasteiger charge is -1.94. The molecule has 1 aromatic heterocycles. The molecule has 0 fully saturated rings. The first-order valence-corrected chi connectivity index (χ1v) is 4.74. The van der Waals surface area contributed by atoms with Crippen molar-refractivity contribution >= 4 is 0 Å². The molecule has 0 aliphatic heterocycles. The van der Waals surface area contributed by atoms with Crippen LogP contribution in [0.25, 0.3) is 0 Å². The summed E-state index contributed by atoms with van der Waals surface area (Å²) >= 11 is 0. The number of hydrogen-bond acceptors (Lipinski definition) is 2. The number of allylic oxidation sites excluding steroid dienone is 2. The maximum Gasteiger partial charge on any atom is 0.120 e. The molecule has 1 heterocycles. The van der Waals surface area contributed by atoms with Crippen molar-refractivity contribution in [2.24, 2.45) is 0 Å². The van der Waals surface area contributed by atoms with Crippen molar-refractivity contribution in [2.75, 3.05) is 7.05 Å². The molecular formula is C11H17N3. The molecule has 1 aromatic rings. The Bertz CT molecular complexity index is 285. The Morgan fingerprint density at radius 2 is 2.07 bits per heavy atom. The molecule has 0 atom stereocenters. The Kier molecular flexibility index (Phi) is 4.13. The number of rotatable bonds is 6. The molecule has 3 nitrogen and oxygen atoms in total. The van der Waals surface area contributed by atoms with Crippen LogP contribution in [0.3, 0.4) is 0 Å². The normalized spacial score (nSPS) is 10.1. The molecule has 14 heavy (non-hydrogen) atoms. The topological polar surface area (TPSA) is 40.7 Å². The smallest absolute Gasteiger partial charge is 0.120 e. The molecule has 0 amide bonds. The minimum Gasteiger partial charge on any atom is -0.344 e. The molecule has 0 radical (unpaired) electrons. The van der Waals surface area contributed by atoms with E-state index in [1.54, 1.807) is 0 Å². The van der Waals surface area contributed by atoms with Crippen molar-refractivity contribution in [3.63, 3.8) is 0 Å². The lowest BCUT2D eigenvalue weighted by atomic mass is 10.2. The average molecular weight is 191 g/mol. The maximum atomic E-state index is 4.47. The molecule has 0 saturated heterocycles. The fourth-order valence-corrected chi connectivity index (χ4v) is 1.37. The van der Waals surface area contributed by atoms with Gasteiger partial charge in [0.25, 0.3) is 0 Å². The van der Waals surface area contributed by atoms with Gasteiger partial charge in [0.15, 0.2) is 0 Å². The van der Waals surface area contributed by atoms with E-state index in [9.17, 15) is 0 Å². The van der Waals surface area contributed by atoms with Gasteiger partial charge in [-0.25, -0.2) is 4.98 Å². The molecule has 3 heteroatoms. The first-order valence-electron chi connectivity index (χ1n) is 4.74. The molecule has 0 saturated carbocycles. The molecule has 0 aliphatic rings.